The van der Waals surface area contributed by atoms with Gasteiger partial charge in [0.05, 0.1) is 10.0 Å². The summed E-state index contributed by atoms with van der Waals surface area (Å²) in [7, 11) is 1.67. The smallest absolute Gasteiger partial charge is 0.261 e. The van der Waals surface area contributed by atoms with Crippen LogP contribution in [-0.2, 0) is 10.3 Å². The Bertz CT molecular complexity index is 640. The fraction of sp³-hybridized carbons (Fsp3) is 0.500. The zero-order valence-corrected chi connectivity index (χ0v) is 14.0. The van der Waals surface area contributed by atoms with Crippen LogP contribution in [0.4, 0.5) is 0 Å². The van der Waals surface area contributed by atoms with Crippen molar-refractivity contribution in [3.8, 4) is 0 Å². The average Bonchev–Trinajstić information content (AvgIpc) is 2.76. The number of nitrogens with two attached hydrogens (primary N) is 1. The summed E-state index contributed by atoms with van der Waals surface area (Å²) in [6.07, 6.45) is 5.37. The maximum Gasteiger partial charge on any atom is 0.261 e. The molecule has 1 saturated carbocycles. The number of benzene rings is 1. The number of guanidine groups is 1. The van der Waals surface area contributed by atoms with Gasteiger partial charge in [0.2, 0.25) is 0 Å². The lowest BCUT2D eigenvalue weighted by molar-refractivity contribution is -0.133. The van der Waals surface area contributed by atoms with Crippen LogP contribution in [0.3, 0.4) is 0 Å². The van der Waals surface area contributed by atoms with E-state index in [1.807, 2.05) is 6.07 Å². The van der Waals surface area contributed by atoms with Gasteiger partial charge < -0.3 is 5.73 Å². The highest BCUT2D eigenvalue weighted by Crippen LogP contribution is 2.46. The lowest BCUT2D eigenvalue weighted by atomic mass is 9.71. The third-order valence-corrected chi connectivity index (χ3v) is 5.56. The number of aliphatic imine (C=N–C) groups is 1. The average molecular weight is 340 g/mol. The molecule has 6 heteroatoms. The van der Waals surface area contributed by atoms with Crippen molar-refractivity contribution in [1.29, 1.82) is 0 Å². The van der Waals surface area contributed by atoms with Gasteiger partial charge in [0.1, 0.15) is 0 Å². The first-order valence-electron chi connectivity index (χ1n) is 7.56. The molecule has 1 aromatic carbocycles. The van der Waals surface area contributed by atoms with Crippen molar-refractivity contribution in [2.75, 3.05) is 7.05 Å². The standard InChI is InChI=1S/C16H19Cl2N3O/c1-21-14(22)16(20-15(21)19,10-5-3-2-4-6-10)11-7-8-12(17)13(18)9-11/h7-10H,2-6H2,1H3,(H2,19,20). The predicted molar refractivity (Wildman–Crippen MR) is 89.1 cm³/mol. The van der Waals surface area contributed by atoms with E-state index in [1.165, 1.54) is 11.3 Å². The van der Waals surface area contributed by atoms with Crippen molar-refractivity contribution in [2.45, 2.75) is 37.6 Å². The van der Waals surface area contributed by atoms with E-state index in [1.54, 1.807) is 19.2 Å². The van der Waals surface area contributed by atoms with Crippen molar-refractivity contribution < 1.29 is 4.79 Å². The van der Waals surface area contributed by atoms with Crippen molar-refractivity contribution in [1.82, 2.24) is 4.90 Å². The van der Waals surface area contributed by atoms with E-state index in [-0.39, 0.29) is 17.8 Å². The quantitative estimate of drug-likeness (QED) is 0.895. The van der Waals surface area contributed by atoms with Gasteiger partial charge in [-0.3, -0.25) is 9.69 Å². The molecule has 1 aliphatic carbocycles. The number of nitrogens with zero attached hydrogens (tertiary/aromatic N) is 2. The molecule has 2 N–H and O–H groups in total. The van der Waals surface area contributed by atoms with E-state index >= 15 is 0 Å². The van der Waals surface area contributed by atoms with Gasteiger partial charge in [0, 0.05) is 7.05 Å². The van der Waals surface area contributed by atoms with Gasteiger partial charge in [-0.1, -0.05) is 48.5 Å². The highest BCUT2D eigenvalue weighted by molar-refractivity contribution is 6.42. The van der Waals surface area contributed by atoms with Crippen LogP contribution in [0.25, 0.3) is 0 Å². The lowest BCUT2D eigenvalue weighted by Gasteiger charge is -2.36. The Morgan fingerprint density at radius 3 is 2.45 bits per heavy atom. The fourth-order valence-corrected chi connectivity index (χ4v) is 3.90. The van der Waals surface area contributed by atoms with Crippen molar-refractivity contribution in [2.24, 2.45) is 16.6 Å². The van der Waals surface area contributed by atoms with Crippen LogP contribution in [0, 0.1) is 5.92 Å². The minimum Gasteiger partial charge on any atom is -0.369 e. The molecule has 4 nitrogen and oxygen atoms in total. The van der Waals surface area contributed by atoms with Gasteiger partial charge in [-0.2, -0.15) is 0 Å². The van der Waals surface area contributed by atoms with Crippen molar-refractivity contribution in [3.05, 3.63) is 33.8 Å². The molecule has 2 aliphatic rings. The van der Waals surface area contributed by atoms with E-state index < -0.39 is 5.54 Å². The molecule has 1 atom stereocenters. The second-order valence-corrected chi connectivity index (χ2v) is 6.88. The largest absolute Gasteiger partial charge is 0.369 e. The third-order valence-electron chi connectivity index (χ3n) is 4.82. The molecular formula is C16H19Cl2N3O. The number of amides is 1. The Morgan fingerprint density at radius 1 is 1.23 bits per heavy atom. The molecule has 0 saturated heterocycles. The van der Waals surface area contributed by atoms with Crippen molar-refractivity contribution in [3.63, 3.8) is 0 Å². The monoisotopic (exact) mass is 339 g/mol. The summed E-state index contributed by atoms with van der Waals surface area (Å²) in [4.78, 5) is 19.0. The summed E-state index contributed by atoms with van der Waals surface area (Å²) >= 11 is 12.2. The van der Waals surface area contributed by atoms with E-state index in [0.29, 0.717) is 10.0 Å². The third kappa shape index (κ3) is 2.29. The Labute approximate surface area is 140 Å². The van der Waals surface area contributed by atoms with E-state index in [4.69, 9.17) is 28.9 Å². The molecule has 0 bridgehead atoms. The maximum atomic E-state index is 13.0. The summed E-state index contributed by atoms with van der Waals surface area (Å²) in [5, 5.41) is 0.908. The minimum absolute atomic E-state index is 0.0738. The molecule has 0 radical (unpaired) electrons. The number of carbonyl (C=O) groups excluding carboxylic acids is 1. The Morgan fingerprint density at radius 2 is 1.91 bits per heavy atom. The van der Waals surface area contributed by atoms with Crippen LogP contribution in [-0.4, -0.2) is 23.8 Å². The van der Waals surface area contributed by atoms with Crippen LogP contribution in [0.2, 0.25) is 10.0 Å². The highest BCUT2D eigenvalue weighted by atomic mass is 35.5. The SMILES string of the molecule is CN1C(=O)C(c2ccc(Cl)c(Cl)c2)(C2CCCCC2)N=C1N. The summed E-state index contributed by atoms with van der Waals surface area (Å²) in [5.74, 6) is 0.339. The Hall–Kier alpha value is -1.26. The first kappa shape index (κ1) is 15.6. The second-order valence-electron chi connectivity index (χ2n) is 6.06. The number of hydrogen-bond donors (Lipinski definition) is 1. The molecular weight excluding hydrogens is 321 g/mol. The number of halogens is 2. The van der Waals surface area contributed by atoms with E-state index in [9.17, 15) is 4.79 Å². The molecule has 1 unspecified atom stereocenters. The van der Waals surface area contributed by atoms with Gasteiger partial charge in [0.15, 0.2) is 11.5 Å². The van der Waals surface area contributed by atoms with Crippen molar-refractivity contribution >= 4 is 35.1 Å². The summed E-state index contributed by atoms with van der Waals surface area (Å²) in [6.45, 7) is 0. The molecule has 1 fully saturated rings. The minimum atomic E-state index is -0.951. The van der Waals surface area contributed by atoms with Crippen LogP contribution in [0.15, 0.2) is 23.2 Å². The molecule has 22 heavy (non-hydrogen) atoms. The summed E-state index contributed by atoms with van der Waals surface area (Å²) in [6, 6.07) is 5.32. The van der Waals surface area contributed by atoms with Gasteiger partial charge >= 0.3 is 0 Å². The Kier molecular flexibility index (Phi) is 4.08. The first-order valence-corrected chi connectivity index (χ1v) is 8.31. The molecule has 0 spiro atoms. The Balaban J connectivity index is 2.15. The summed E-state index contributed by atoms with van der Waals surface area (Å²) in [5.41, 5.74) is 5.78. The molecule has 1 aliphatic heterocycles. The van der Waals surface area contributed by atoms with Crippen LogP contribution in [0.1, 0.15) is 37.7 Å². The molecule has 1 amide bonds. The van der Waals surface area contributed by atoms with Crippen LogP contribution < -0.4 is 5.73 Å². The van der Waals surface area contributed by atoms with Gasteiger partial charge in [0.25, 0.3) is 5.91 Å². The highest BCUT2D eigenvalue weighted by Gasteiger charge is 2.53. The number of likely N-dealkylation sites (N-methyl/N-ethyl adjacent to an activating group) is 1. The van der Waals surface area contributed by atoms with E-state index in [2.05, 4.69) is 4.99 Å². The van der Waals surface area contributed by atoms with Crippen LogP contribution in [0.5, 0.6) is 0 Å². The number of hydrogen-bond acceptors (Lipinski definition) is 3. The van der Waals surface area contributed by atoms with Gasteiger partial charge in [-0.15, -0.1) is 0 Å². The maximum absolute atomic E-state index is 13.0. The molecule has 1 aromatic rings. The predicted octanol–water partition coefficient (Wildman–Crippen LogP) is 3.56. The normalized spacial score (nSPS) is 26.4. The van der Waals surface area contributed by atoms with E-state index in [0.717, 1.165) is 31.2 Å². The summed E-state index contributed by atoms with van der Waals surface area (Å²) < 4.78 is 0. The topological polar surface area (TPSA) is 58.7 Å². The number of carbonyl (C=O) groups is 1. The lowest BCUT2D eigenvalue weighted by Crippen LogP contribution is -2.45. The van der Waals surface area contributed by atoms with Crippen LogP contribution >= 0.6 is 23.2 Å². The molecule has 118 valence electrons. The zero-order valence-electron chi connectivity index (χ0n) is 12.5. The first-order chi connectivity index (χ1) is 10.5. The second kappa shape index (κ2) is 5.74. The fourth-order valence-electron chi connectivity index (χ4n) is 3.61. The molecule has 1 heterocycles. The molecule has 0 aromatic heterocycles. The molecule has 3 rings (SSSR count). The zero-order chi connectivity index (χ0) is 15.9. The van der Waals surface area contributed by atoms with Gasteiger partial charge in [-0.25, -0.2) is 4.99 Å². The van der Waals surface area contributed by atoms with Gasteiger partial charge in [-0.05, 0) is 36.5 Å². The number of rotatable bonds is 2.